The number of H-pyrrole nitrogens is 1. The highest BCUT2D eigenvalue weighted by molar-refractivity contribution is 4.97. The molecule has 0 unspecified atom stereocenters. The van der Waals surface area contributed by atoms with E-state index in [4.69, 9.17) is 4.74 Å². The Morgan fingerprint density at radius 3 is 3.17 bits per heavy atom. The highest BCUT2D eigenvalue weighted by Gasteiger charge is 2.26. The number of aliphatic hydroxyl groups excluding tert-OH is 1. The molecule has 2 aromatic rings. The molecule has 3 heterocycles. The number of nitrogens with one attached hydrogen (secondary N) is 1. The first-order valence-electron chi connectivity index (χ1n) is 8.15. The Morgan fingerprint density at radius 2 is 2.39 bits per heavy atom. The van der Waals surface area contributed by atoms with E-state index in [9.17, 15) is 5.11 Å². The summed E-state index contributed by atoms with van der Waals surface area (Å²) in [5.74, 6) is 1.61. The van der Waals surface area contributed by atoms with Gasteiger partial charge >= 0.3 is 0 Å². The molecule has 0 bridgehead atoms. The van der Waals surface area contributed by atoms with Crippen LogP contribution in [0.25, 0.3) is 0 Å². The summed E-state index contributed by atoms with van der Waals surface area (Å²) in [6.45, 7) is 5.32. The zero-order valence-corrected chi connectivity index (χ0v) is 13.4. The number of hydrogen-bond donors (Lipinski definition) is 2. The molecule has 0 amide bonds. The van der Waals surface area contributed by atoms with Crippen molar-refractivity contribution >= 4 is 0 Å². The van der Waals surface area contributed by atoms with Crippen LogP contribution in [0.15, 0.2) is 18.5 Å². The van der Waals surface area contributed by atoms with Gasteiger partial charge in [-0.15, -0.1) is 0 Å². The molecule has 0 aliphatic carbocycles. The van der Waals surface area contributed by atoms with Crippen LogP contribution in [-0.2, 0) is 17.7 Å². The number of morpholine rings is 1. The predicted molar refractivity (Wildman–Crippen MR) is 83.7 cm³/mol. The van der Waals surface area contributed by atoms with Crippen LogP contribution in [-0.4, -0.2) is 67.3 Å². The number of rotatable bonds is 7. The number of aryl methyl sites for hydroxylation is 1. The van der Waals surface area contributed by atoms with Gasteiger partial charge in [0.1, 0.15) is 11.9 Å². The summed E-state index contributed by atoms with van der Waals surface area (Å²) < 4.78 is 7.53. The Hall–Kier alpha value is -1.77. The first kappa shape index (κ1) is 16.1. The monoisotopic (exact) mass is 320 g/mol. The minimum Gasteiger partial charge on any atom is -0.390 e. The van der Waals surface area contributed by atoms with Gasteiger partial charge < -0.3 is 9.84 Å². The second-order valence-electron chi connectivity index (χ2n) is 5.89. The molecular formula is C15H24N6O2. The molecule has 0 radical (unpaired) electrons. The summed E-state index contributed by atoms with van der Waals surface area (Å²) in [4.78, 5) is 6.70. The third-order valence-corrected chi connectivity index (χ3v) is 3.90. The predicted octanol–water partition coefficient (Wildman–Crippen LogP) is 0.388. The van der Waals surface area contributed by atoms with Crippen LogP contribution in [0.2, 0.25) is 0 Å². The molecule has 0 saturated carbocycles. The SMILES string of the molecule is CCCc1nc([C@@H]2CN(C[C@@H](O)Cn3cccn3)CCO2)n[nH]1. The van der Waals surface area contributed by atoms with Crippen LogP contribution in [0.5, 0.6) is 0 Å². The van der Waals surface area contributed by atoms with E-state index < -0.39 is 6.10 Å². The Bertz CT molecular complexity index is 585. The Labute approximate surface area is 135 Å². The number of nitrogens with zero attached hydrogens (tertiary/aromatic N) is 5. The van der Waals surface area contributed by atoms with Gasteiger partial charge in [0.2, 0.25) is 0 Å². The van der Waals surface area contributed by atoms with Crippen LogP contribution in [0, 0.1) is 0 Å². The van der Waals surface area contributed by atoms with Crippen LogP contribution in [0.3, 0.4) is 0 Å². The maximum Gasteiger partial charge on any atom is 0.180 e. The van der Waals surface area contributed by atoms with E-state index in [1.165, 1.54) is 0 Å². The first-order chi connectivity index (χ1) is 11.2. The summed E-state index contributed by atoms with van der Waals surface area (Å²) >= 11 is 0. The molecule has 23 heavy (non-hydrogen) atoms. The van der Waals surface area contributed by atoms with Gasteiger partial charge in [0, 0.05) is 38.4 Å². The van der Waals surface area contributed by atoms with Crippen molar-refractivity contribution in [1.82, 2.24) is 29.9 Å². The third-order valence-electron chi connectivity index (χ3n) is 3.90. The summed E-state index contributed by atoms with van der Waals surface area (Å²) in [5, 5.41) is 21.6. The van der Waals surface area contributed by atoms with Crippen LogP contribution in [0.1, 0.15) is 31.1 Å². The molecule has 1 aliphatic heterocycles. The van der Waals surface area contributed by atoms with E-state index in [0.29, 0.717) is 32.1 Å². The smallest absolute Gasteiger partial charge is 0.180 e. The Balaban J connectivity index is 1.52. The molecule has 3 rings (SSSR count). The number of aromatic amines is 1. The van der Waals surface area contributed by atoms with Gasteiger partial charge in [-0.1, -0.05) is 6.92 Å². The van der Waals surface area contributed by atoms with Crippen molar-refractivity contribution < 1.29 is 9.84 Å². The van der Waals surface area contributed by atoms with E-state index in [1.807, 2.05) is 12.3 Å². The molecule has 2 atom stereocenters. The van der Waals surface area contributed by atoms with E-state index >= 15 is 0 Å². The van der Waals surface area contributed by atoms with Gasteiger partial charge in [-0.2, -0.15) is 10.2 Å². The second kappa shape index (κ2) is 7.67. The molecule has 1 saturated heterocycles. The highest BCUT2D eigenvalue weighted by atomic mass is 16.5. The highest BCUT2D eigenvalue weighted by Crippen LogP contribution is 2.19. The number of β-amino-alcohol motifs (C(OH)–C–C–N with tert-alkyl or cyclic N) is 1. The summed E-state index contributed by atoms with van der Waals surface area (Å²) in [6, 6.07) is 1.86. The fraction of sp³-hybridized carbons (Fsp3) is 0.667. The molecular weight excluding hydrogens is 296 g/mol. The number of hydrogen-bond acceptors (Lipinski definition) is 6. The van der Waals surface area contributed by atoms with E-state index in [2.05, 4.69) is 32.1 Å². The molecule has 2 aromatic heterocycles. The van der Waals surface area contributed by atoms with Gasteiger partial charge in [-0.25, -0.2) is 4.98 Å². The normalized spacial score (nSPS) is 20.7. The van der Waals surface area contributed by atoms with Gasteiger partial charge in [-0.05, 0) is 12.5 Å². The topological polar surface area (TPSA) is 92.1 Å². The zero-order valence-electron chi connectivity index (χ0n) is 13.4. The van der Waals surface area contributed by atoms with Gasteiger partial charge in [0.15, 0.2) is 5.82 Å². The van der Waals surface area contributed by atoms with E-state index in [1.54, 1.807) is 10.9 Å². The number of ether oxygens (including phenoxy) is 1. The Kier molecular flexibility index (Phi) is 5.37. The van der Waals surface area contributed by atoms with Crippen molar-refractivity contribution in [3.63, 3.8) is 0 Å². The molecule has 0 spiro atoms. The molecule has 2 N–H and O–H groups in total. The molecule has 1 fully saturated rings. The van der Waals surface area contributed by atoms with Crippen molar-refractivity contribution in [1.29, 1.82) is 0 Å². The second-order valence-corrected chi connectivity index (χ2v) is 5.89. The summed E-state index contributed by atoms with van der Waals surface area (Å²) in [7, 11) is 0. The minimum atomic E-state index is -0.462. The van der Waals surface area contributed by atoms with E-state index in [-0.39, 0.29) is 6.10 Å². The molecule has 8 heteroatoms. The summed E-state index contributed by atoms with van der Waals surface area (Å²) in [5.41, 5.74) is 0. The molecule has 8 nitrogen and oxygen atoms in total. The van der Waals surface area contributed by atoms with Crippen LogP contribution < -0.4 is 0 Å². The van der Waals surface area contributed by atoms with Crippen LogP contribution >= 0.6 is 0 Å². The average molecular weight is 320 g/mol. The van der Waals surface area contributed by atoms with Gasteiger partial charge in [-0.3, -0.25) is 14.7 Å². The maximum atomic E-state index is 10.2. The fourth-order valence-electron chi connectivity index (χ4n) is 2.81. The van der Waals surface area contributed by atoms with Crippen molar-refractivity contribution in [2.75, 3.05) is 26.2 Å². The molecule has 1 aliphatic rings. The third kappa shape index (κ3) is 4.37. The lowest BCUT2D eigenvalue weighted by Crippen LogP contribution is -2.43. The standard InChI is InChI=1S/C15H24N6O2/c1-2-4-14-17-15(19-18-14)13-11-20(7-8-23-13)9-12(22)10-21-6-3-5-16-21/h3,5-6,12-13,22H,2,4,7-11H2,1H3,(H,17,18,19)/t12-,13+/m1/s1. The van der Waals surface area contributed by atoms with Gasteiger partial charge in [0.05, 0.1) is 19.3 Å². The quantitative estimate of drug-likeness (QED) is 0.767. The number of aliphatic hydroxyl groups is 1. The molecule has 0 aromatic carbocycles. The van der Waals surface area contributed by atoms with Crippen molar-refractivity contribution in [3.8, 4) is 0 Å². The van der Waals surface area contributed by atoms with Crippen molar-refractivity contribution in [2.24, 2.45) is 0 Å². The van der Waals surface area contributed by atoms with Crippen LogP contribution in [0.4, 0.5) is 0 Å². The Morgan fingerprint density at radius 1 is 1.48 bits per heavy atom. The zero-order chi connectivity index (χ0) is 16.1. The average Bonchev–Trinajstić information content (AvgIpc) is 3.20. The summed E-state index contributed by atoms with van der Waals surface area (Å²) in [6.07, 6.45) is 4.90. The first-order valence-corrected chi connectivity index (χ1v) is 8.15. The molecule has 126 valence electrons. The van der Waals surface area contributed by atoms with Crippen molar-refractivity contribution in [3.05, 3.63) is 30.1 Å². The lowest BCUT2D eigenvalue weighted by atomic mass is 10.2. The lowest BCUT2D eigenvalue weighted by molar-refractivity contribution is -0.0473. The van der Waals surface area contributed by atoms with Gasteiger partial charge in [0.25, 0.3) is 0 Å². The fourth-order valence-corrected chi connectivity index (χ4v) is 2.81. The maximum absolute atomic E-state index is 10.2. The largest absolute Gasteiger partial charge is 0.390 e. The van der Waals surface area contributed by atoms with Crippen molar-refractivity contribution in [2.45, 2.75) is 38.5 Å². The van der Waals surface area contributed by atoms with E-state index in [0.717, 1.165) is 25.2 Å². The number of aromatic nitrogens is 5. The lowest BCUT2D eigenvalue weighted by Gasteiger charge is -2.32. The minimum absolute atomic E-state index is 0.137.